The lowest BCUT2D eigenvalue weighted by atomic mass is 10.3. The standard InChI is InChI=1S/C12H18N4O2S2/c1-9(6-8-19-2)15-20(17,18)12-11(13)14-10-5-3-4-7-16(10)12/h3-5,7,9,15H,6,8,13H2,1-2H3. The summed E-state index contributed by atoms with van der Waals surface area (Å²) in [4.78, 5) is 4.07. The average Bonchev–Trinajstić information content (AvgIpc) is 2.72. The van der Waals surface area contributed by atoms with Crippen LogP contribution in [0.25, 0.3) is 5.65 Å². The van der Waals surface area contributed by atoms with Gasteiger partial charge in [0.15, 0.2) is 10.8 Å². The molecule has 0 saturated heterocycles. The van der Waals surface area contributed by atoms with E-state index >= 15 is 0 Å². The molecule has 0 saturated carbocycles. The molecule has 2 aromatic heterocycles. The Balaban J connectivity index is 2.34. The molecule has 20 heavy (non-hydrogen) atoms. The number of rotatable bonds is 6. The van der Waals surface area contributed by atoms with Gasteiger partial charge >= 0.3 is 0 Å². The van der Waals surface area contributed by atoms with E-state index in [1.807, 2.05) is 13.2 Å². The second-order valence-electron chi connectivity index (χ2n) is 4.53. The van der Waals surface area contributed by atoms with Crippen molar-refractivity contribution in [3.63, 3.8) is 0 Å². The molecule has 0 aliphatic rings. The number of pyridine rings is 1. The number of thioether (sulfide) groups is 1. The highest BCUT2D eigenvalue weighted by Crippen LogP contribution is 2.20. The van der Waals surface area contributed by atoms with E-state index in [1.165, 1.54) is 4.40 Å². The minimum Gasteiger partial charge on any atom is -0.381 e. The van der Waals surface area contributed by atoms with Crippen molar-refractivity contribution in [2.45, 2.75) is 24.4 Å². The molecule has 0 radical (unpaired) electrons. The molecule has 2 aromatic rings. The SMILES string of the molecule is CSCCC(C)NS(=O)(=O)c1c(N)nc2ccccn12. The fourth-order valence-electron chi connectivity index (χ4n) is 1.93. The summed E-state index contributed by atoms with van der Waals surface area (Å²) in [5.41, 5.74) is 6.28. The number of imidazole rings is 1. The molecule has 3 N–H and O–H groups in total. The highest BCUT2D eigenvalue weighted by atomic mass is 32.2. The van der Waals surface area contributed by atoms with Crippen molar-refractivity contribution in [3.05, 3.63) is 24.4 Å². The van der Waals surface area contributed by atoms with Gasteiger partial charge in [-0.1, -0.05) is 6.07 Å². The van der Waals surface area contributed by atoms with Crippen LogP contribution in [-0.4, -0.2) is 35.9 Å². The van der Waals surface area contributed by atoms with Crippen LogP contribution >= 0.6 is 11.8 Å². The summed E-state index contributed by atoms with van der Waals surface area (Å²) in [7, 11) is -3.69. The molecule has 0 aliphatic heterocycles. The Hall–Kier alpha value is -1.25. The van der Waals surface area contributed by atoms with E-state index in [0.29, 0.717) is 5.65 Å². The summed E-state index contributed by atoms with van der Waals surface area (Å²) in [6, 6.07) is 5.09. The summed E-state index contributed by atoms with van der Waals surface area (Å²) in [5.74, 6) is 0.910. The van der Waals surface area contributed by atoms with Crippen LogP contribution in [-0.2, 0) is 10.0 Å². The van der Waals surface area contributed by atoms with Crippen LogP contribution in [0.1, 0.15) is 13.3 Å². The number of aromatic nitrogens is 2. The number of nitrogens with zero attached hydrogens (tertiary/aromatic N) is 2. The summed E-state index contributed by atoms with van der Waals surface area (Å²) >= 11 is 1.68. The van der Waals surface area contributed by atoms with E-state index in [1.54, 1.807) is 36.2 Å². The number of nitrogens with two attached hydrogens (primary N) is 1. The quantitative estimate of drug-likeness (QED) is 0.840. The predicted molar refractivity (Wildman–Crippen MR) is 82.4 cm³/mol. The molecular formula is C12H18N4O2S2. The van der Waals surface area contributed by atoms with E-state index in [4.69, 9.17) is 5.73 Å². The van der Waals surface area contributed by atoms with Gasteiger partial charge in [-0.2, -0.15) is 11.8 Å². The van der Waals surface area contributed by atoms with Crippen molar-refractivity contribution >= 4 is 33.3 Å². The van der Waals surface area contributed by atoms with Crippen LogP contribution < -0.4 is 10.5 Å². The second kappa shape index (κ2) is 6.02. The van der Waals surface area contributed by atoms with Gasteiger partial charge in [0.25, 0.3) is 10.0 Å². The van der Waals surface area contributed by atoms with Gasteiger partial charge in [0, 0.05) is 12.2 Å². The fraction of sp³-hybridized carbons (Fsp3) is 0.417. The van der Waals surface area contributed by atoms with Gasteiger partial charge in [-0.05, 0) is 37.5 Å². The number of anilines is 1. The van der Waals surface area contributed by atoms with Gasteiger partial charge in [-0.25, -0.2) is 18.1 Å². The Morgan fingerprint density at radius 1 is 1.50 bits per heavy atom. The van der Waals surface area contributed by atoms with Crippen LogP contribution in [0, 0.1) is 0 Å². The Bertz CT molecular complexity index is 697. The Morgan fingerprint density at radius 3 is 2.95 bits per heavy atom. The molecule has 0 spiro atoms. The summed E-state index contributed by atoms with van der Waals surface area (Å²) < 4.78 is 29.0. The van der Waals surface area contributed by atoms with Crippen LogP contribution in [0.2, 0.25) is 0 Å². The third-order valence-corrected chi connectivity index (χ3v) is 5.15. The Morgan fingerprint density at radius 2 is 2.25 bits per heavy atom. The predicted octanol–water partition coefficient (Wildman–Crippen LogP) is 1.34. The first-order valence-electron chi connectivity index (χ1n) is 6.19. The lowest BCUT2D eigenvalue weighted by Crippen LogP contribution is -2.34. The maximum atomic E-state index is 12.4. The molecule has 0 aromatic carbocycles. The molecule has 8 heteroatoms. The number of hydrogen-bond donors (Lipinski definition) is 2. The minimum absolute atomic E-state index is 0.00380. The molecule has 0 bridgehead atoms. The normalized spacial score (nSPS) is 13.7. The summed E-state index contributed by atoms with van der Waals surface area (Å²) in [5, 5.41) is 0.00380. The van der Waals surface area contributed by atoms with Crippen LogP contribution in [0.5, 0.6) is 0 Å². The van der Waals surface area contributed by atoms with E-state index in [9.17, 15) is 8.42 Å². The van der Waals surface area contributed by atoms with E-state index in [2.05, 4.69) is 9.71 Å². The number of hydrogen-bond acceptors (Lipinski definition) is 5. The third kappa shape index (κ3) is 3.08. The largest absolute Gasteiger partial charge is 0.381 e. The lowest BCUT2D eigenvalue weighted by Gasteiger charge is -2.13. The maximum Gasteiger partial charge on any atom is 0.260 e. The van der Waals surface area contributed by atoms with Gasteiger partial charge in [0.2, 0.25) is 0 Å². The van der Waals surface area contributed by atoms with Crippen molar-refractivity contribution in [1.82, 2.24) is 14.1 Å². The molecule has 6 nitrogen and oxygen atoms in total. The zero-order chi connectivity index (χ0) is 14.8. The number of nitrogens with one attached hydrogen (secondary N) is 1. The van der Waals surface area contributed by atoms with Crippen molar-refractivity contribution < 1.29 is 8.42 Å². The molecule has 0 aliphatic carbocycles. The Kier molecular flexibility index (Phi) is 4.56. The smallest absolute Gasteiger partial charge is 0.260 e. The highest BCUT2D eigenvalue weighted by Gasteiger charge is 2.25. The molecule has 1 atom stereocenters. The van der Waals surface area contributed by atoms with Crippen molar-refractivity contribution in [3.8, 4) is 0 Å². The molecular weight excluding hydrogens is 296 g/mol. The summed E-state index contributed by atoms with van der Waals surface area (Å²) in [6.45, 7) is 1.84. The molecule has 0 fully saturated rings. The first-order valence-corrected chi connectivity index (χ1v) is 9.07. The molecule has 1 unspecified atom stereocenters. The maximum absolute atomic E-state index is 12.4. The minimum atomic E-state index is -3.69. The van der Waals surface area contributed by atoms with Gasteiger partial charge in [0.05, 0.1) is 0 Å². The van der Waals surface area contributed by atoms with Crippen LogP contribution in [0.3, 0.4) is 0 Å². The molecule has 2 heterocycles. The van der Waals surface area contributed by atoms with Gasteiger partial charge in [-0.3, -0.25) is 4.40 Å². The van der Waals surface area contributed by atoms with E-state index in [-0.39, 0.29) is 16.9 Å². The number of sulfonamides is 1. The topological polar surface area (TPSA) is 89.5 Å². The molecule has 110 valence electrons. The molecule has 0 amide bonds. The first-order chi connectivity index (χ1) is 9.45. The zero-order valence-electron chi connectivity index (χ0n) is 11.4. The van der Waals surface area contributed by atoms with E-state index < -0.39 is 10.0 Å². The number of nitrogen functional groups attached to an aromatic ring is 1. The van der Waals surface area contributed by atoms with E-state index in [0.717, 1.165) is 12.2 Å². The highest BCUT2D eigenvalue weighted by molar-refractivity contribution is 7.98. The Labute approximate surface area is 122 Å². The third-order valence-electron chi connectivity index (χ3n) is 2.88. The first kappa shape index (κ1) is 15.1. The second-order valence-corrected chi connectivity index (χ2v) is 7.15. The lowest BCUT2D eigenvalue weighted by molar-refractivity contribution is 0.553. The van der Waals surface area contributed by atoms with Crippen LogP contribution in [0.4, 0.5) is 5.82 Å². The van der Waals surface area contributed by atoms with Gasteiger partial charge in [0.1, 0.15) is 5.65 Å². The number of fused-ring (bicyclic) bond motifs is 1. The monoisotopic (exact) mass is 314 g/mol. The van der Waals surface area contributed by atoms with Crippen molar-refractivity contribution in [2.75, 3.05) is 17.7 Å². The zero-order valence-corrected chi connectivity index (χ0v) is 13.0. The van der Waals surface area contributed by atoms with Gasteiger partial charge in [-0.15, -0.1) is 0 Å². The van der Waals surface area contributed by atoms with Crippen LogP contribution in [0.15, 0.2) is 29.4 Å². The van der Waals surface area contributed by atoms with Crippen molar-refractivity contribution in [1.29, 1.82) is 0 Å². The molecule has 2 rings (SSSR count). The fourth-order valence-corrected chi connectivity index (χ4v) is 4.02. The summed E-state index contributed by atoms with van der Waals surface area (Å²) in [6.07, 6.45) is 4.39. The average molecular weight is 314 g/mol. The van der Waals surface area contributed by atoms with Crippen molar-refractivity contribution in [2.24, 2.45) is 0 Å². The van der Waals surface area contributed by atoms with Gasteiger partial charge < -0.3 is 5.73 Å².